The average Bonchev–Trinajstić information content (AvgIpc) is 3.91. The van der Waals surface area contributed by atoms with Crippen molar-refractivity contribution in [3.05, 3.63) is 24.3 Å². The molecule has 17 aliphatic rings. The Morgan fingerprint density at radius 1 is 0.543 bits per heavy atom. The smallest absolute Gasteiger partial charge is 0.308 e. The van der Waals surface area contributed by atoms with Crippen LogP contribution in [0.25, 0.3) is 0 Å². The number of ether oxygens (including phenoxy) is 16. The summed E-state index contributed by atoms with van der Waals surface area (Å²) in [7, 11) is 0. The van der Waals surface area contributed by atoms with Crippen LogP contribution < -0.4 is 0 Å². The fourth-order valence-electron chi connectivity index (χ4n) is 19.0. The minimum absolute atomic E-state index is 0.0214. The molecule has 0 radical (unpaired) electrons. The second-order valence-corrected chi connectivity index (χ2v) is 28.3. The van der Waals surface area contributed by atoms with E-state index in [-0.39, 0.29) is 140 Å². The molecule has 0 saturated carbocycles. The van der Waals surface area contributed by atoms with E-state index in [0.717, 1.165) is 36.8 Å². The van der Waals surface area contributed by atoms with E-state index in [1.165, 1.54) is 0 Å². The van der Waals surface area contributed by atoms with E-state index >= 15 is 0 Å². The van der Waals surface area contributed by atoms with Gasteiger partial charge in [0.2, 0.25) is 5.79 Å². The standard InChI is InChI=1S/C61H86O20/c1-26-13-32-7-9-37-27(2)14-34(67-37)11-12-58-25-61(65)57(81-58)56-55(80-61)54(79-58)53-38(71-56)10-8-33(69-53)15-47(64)73-51-31(6)50-43(70-42(51)16-39(68-32)30(26)5)17-40-45(72-50)21-60(75-40)22-46-49(78-60)29(4)20-59(77-46)19-28(3)48-44(76-59)18-41-52(74-48)35(24-66-41)36(63)23-62/h26,28-29,31-46,48-57,62-63,65H,2,5,7-25H2,1,3-4,6H3/t26-,28+,29+,31+,32+,33-,34+,35-,36+,37+,38+,39-,40-,41-,42+,43+,44+,45-,46+,48+,49+,50+,51-,52-,53+,54+,55+,56-,57?,58-,59-,60+,61+/m1/s1. The van der Waals surface area contributed by atoms with Gasteiger partial charge in [-0.3, -0.25) is 4.79 Å². The second-order valence-electron chi connectivity index (χ2n) is 28.3. The van der Waals surface area contributed by atoms with E-state index in [1.807, 2.05) is 0 Å². The van der Waals surface area contributed by atoms with Gasteiger partial charge in [0, 0.05) is 63.2 Å². The van der Waals surface area contributed by atoms with Crippen LogP contribution in [0.1, 0.15) is 137 Å². The lowest BCUT2D eigenvalue weighted by Crippen LogP contribution is -2.62. The largest absolute Gasteiger partial charge is 0.459 e. The van der Waals surface area contributed by atoms with Gasteiger partial charge >= 0.3 is 5.97 Å². The van der Waals surface area contributed by atoms with E-state index in [4.69, 9.17) is 75.8 Å². The van der Waals surface area contributed by atoms with Gasteiger partial charge in [-0.05, 0) is 73.8 Å². The molecule has 20 heteroatoms. The van der Waals surface area contributed by atoms with Crippen molar-refractivity contribution < 1.29 is 95.9 Å². The summed E-state index contributed by atoms with van der Waals surface area (Å²) in [6, 6.07) is 0. The molecule has 81 heavy (non-hydrogen) atoms. The normalized spacial score (nSPS) is 59.3. The molecule has 0 aromatic rings. The molecule has 3 spiro atoms. The van der Waals surface area contributed by atoms with Crippen LogP contribution in [0.2, 0.25) is 0 Å². The van der Waals surface area contributed by atoms with E-state index in [9.17, 15) is 20.1 Å². The molecule has 0 aromatic carbocycles. The van der Waals surface area contributed by atoms with Crippen molar-refractivity contribution in [1.29, 1.82) is 0 Å². The number of carbonyl (C=O) groups is 1. The molecule has 1 unspecified atom stereocenters. The predicted molar refractivity (Wildman–Crippen MR) is 278 cm³/mol. The number of aliphatic hydroxyl groups is 3. The number of esters is 1. The molecule has 17 aliphatic heterocycles. The maximum atomic E-state index is 14.6. The monoisotopic (exact) mass is 1140 g/mol. The number of aliphatic hydroxyl groups excluding tert-OH is 2. The lowest BCUT2D eigenvalue weighted by molar-refractivity contribution is -0.370. The van der Waals surface area contributed by atoms with Crippen LogP contribution >= 0.6 is 0 Å². The van der Waals surface area contributed by atoms with Gasteiger partial charge in [0.1, 0.15) is 36.6 Å². The first-order valence-electron chi connectivity index (χ1n) is 31.4. The van der Waals surface area contributed by atoms with Crippen LogP contribution in [0.15, 0.2) is 24.3 Å². The average molecular weight is 1140 g/mol. The van der Waals surface area contributed by atoms with Crippen molar-refractivity contribution in [3.8, 4) is 0 Å². The lowest BCUT2D eigenvalue weighted by atomic mass is 9.77. The number of hydrogen-bond donors (Lipinski definition) is 3. The number of hydrogen-bond acceptors (Lipinski definition) is 20. The third kappa shape index (κ3) is 9.04. The summed E-state index contributed by atoms with van der Waals surface area (Å²) in [6.07, 6.45) is 0.657. The van der Waals surface area contributed by atoms with Gasteiger partial charge < -0.3 is 91.1 Å². The Balaban J connectivity index is 0.630. The summed E-state index contributed by atoms with van der Waals surface area (Å²) in [5, 5.41) is 32.2. The molecule has 20 nitrogen and oxygen atoms in total. The fraction of sp³-hybridized carbons (Fsp3) is 0.918. The molecule has 0 aromatic heterocycles. The Bertz CT molecular complexity index is 2470. The Hall–Kier alpha value is -1.77. The molecular formula is C61H86O20. The molecule has 450 valence electrons. The van der Waals surface area contributed by atoms with E-state index in [2.05, 4.69) is 40.9 Å². The maximum Gasteiger partial charge on any atom is 0.308 e. The Morgan fingerprint density at radius 2 is 1.25 bits per heavy atom. The zero-order valence-electron chi connectivity index (χ0n) is 47.4. The van der Waals surface area contributed by atoms with Gasteiger partial charge in [-0.2, -0.15) is 0 Å². The Morgan fingerprint density at radius 3 is 2.10 bits per heavy atom. The van der Waals surface area contributed by atoms with Crippen molar-refractivity contribution >= 4 is 5.97 Å². The SMILES string of the molecule is C=C1C[C@@H]2CC[C@@]34C[C@]5(O)O[C@H]6[C@@H](O3)[C@H]3O[C@H](CC[C@@H]3O[C@H]6C5O4)CC(=O)O[C@@H]3[C@@H](C)[C@@H]4O[C@@H]5C[C@]6(C[C@@H]7O[C@]8(C[C@H](C)[C@@H]9O[C@@H]%10[C@@H]([C@@H](O)CO)CO[C@@H]%10C[C@@H]9O8)C[C@H](C)[C@@H]7O6)O[C@@H]5C[C@@H]4O[C@H]3C[C@H]3O[C@@H](CC[C@@H]1O2)C[C@@H](C)C3=C. The Labute approximate surface area is 474 Å². The van der Waals surface area contributed by atoms with Crippen LogP contribution in [-0.4, -0.2) is 204 Å². The van der Waals surface area contributed by atoms with Gasteiger partial charge in [-0.1, -0.05) is 40.9 Å². The maximum absolute atomic E-state index is 14.6. The summed E-state index contributed by atoms with van der Waals surface area (Å²) in [6.45, 7) is 17.9. The molecule has 3 N–H and O–H groups in total. The van der Waals surface area contributed by atoms with Crippen molar-refractivity contribution in [1.82, 2.24) is 0 Å². The highest BCUT2D eigenvalue weighted by molar-refractivity contribution is 5.70. The van der Waals surface area contributed by atoms with E-state index in [0.29, 0.717) is 77.2 Å². The topological polar surface area (TPSA) is 225 Å². The van der Waals surface area contributed by atoms with Gasteiger partial charge in [0.25, 0.3) is 0 Å². The highest BCUT2D eigenvalue weighted by Gasteiger charge is 2.75. The summed E-state index contributed by atoms with van der Waals surface area (Å²) in [5.74, 6) is -4.88. The van der Waals surface area contributed by atoms with E-state index in [1.54, 1.807) is 0 Å². The molecule has 12 bridgehead atoms. The van der Waals surface area contributed by atoms with Gasteiger partial charge in [-0.15, -0.1) is 0 Å². The first-order valence-corrected chi connectivity index (χ1v) is 31.4. The minimum Gasteiger partial charge on any atom is -0.459 e. The summed E-state index contributed by atoms with van der Waals surface area (Å²) in [5.41, 5.74) is 2.09. The lowest BCUT2D eigenvalue weighted by Gasteiger charge is -2.54. The van der Waals surface area contributed by atoms with Crippen LogP contribution in [0.5, 0.6) is 0 Å². The van der Waals surface area contributed by atoms with E-state index < -0.39 is 84.2 Å². The molecule has 0 amide bonds. The number of fused-ring (bicyclic) bond motifs is 11. The summed E-state index contributed by atoms with van der Waals surface area (Å²) in [4.78, 5) is 14.6. The Kier molecular flexibility index (Phi) is 13.4. The van der Waals surface area contributed by atoms with Gasteiger partial charge in [-0.25, -0.2) is 0 Å². The fourth-order valence-corrected chi connectivity index (χ4v) is 19.0. The first kappa shape index (κ1) is 54.6. The van der Waals surface area contributed by atoms with Crippen molar-refractivity contribution in [2.75, 3.05) is 13.2 Å². The molecule has 17 rings (SSSR count). The van der Waals surface area contributed by atoms with Crippen LogP contribution in [0.4, 0.5) is 0 Å². The molecular weight excluding hydrogens is 1050 g/mol. The summed E-state index contributed by atoms with van der Waals surface area (Å²) < 4.78 is 110. The predicted octanol–water partition coefficient (Wildman–Crippen LogP) is 4.51. The zero-order valence-corrected chi connectivity index (χ0v) is 47.4. The van der Waals surface area contributed by atoms with Gasteiger partial charge in [0.15, 0.2) is 17.4 Å². The molecule has 17 saturated heterocycles. The highest BCUT2D eigenvalue weighted by atomic mass is 16.8. The number of rotatable bonds is 2. The summed E-state index contributed by atoms with van der Waals surface area (Å²) >= 11 is 0. The zero-order chi connectivity index (χ0) is 55.2. The van der Waals surface area contributed by atoms with Crippen LogP contribution in [0, 0.1) is 29.6 Å². The highest BCUT2D eigenvalue weighted by Crippen LogP contribution is 2.60. The van der Waals surface area contributed by atoms with Crippen LogP contribution in [-0.2, 0) is 80.6 Å². The second kappa shape index (κ2) is 19.9. The minimum atomic E-state index is -1.54. The number of carbonyl (C=O) groups excluding carboxylic acids is 1. The van der Waals surface area contributed by atoms with Crippen LogP contribution in [0.3, 0.4) is 0 Å². The first-order chi connectivity index (χ1) is 38.9. The molecule has 0 aliphatic carbocycles. The molecule has 33 atom stereocenters. The van der Waals surface area contributed by atoms with Crippen molar-refractivity contribution in [2.24, 2.45) is 29.6 Å². The van der Waals surface area contributed by atoms with Crippen molar-refractivity contribution in [3.63, 3.8) is 0 Å². The third-order valence-electron chi connectivity index (χ3n) is 22.8. The van der Waals surface area contributed by atoms with Crippen molar-refractivity contribution in [2.45, 2.75) is 306 Å². The quantitative estimate of drug-likeness (QED) is 0.256. The van der Waals surface area contributed by atoms with Gasteiger partial charge in [0.05, 0.1) is 136 Å². The molecule has 17 heterocycles. The third-order valence-corrected chi connectivity index (χ3v) is 22.8. The molecule has 17 fully saturated rings.